The number of nitrogens with one attached hydrogen (secondary N) is 2. The van der Waals surface area contributed by atoms with Crippen LogP contribution in [0.3, 0.4) is 0 Å². The van der Waals surface area contributed by atoms with Gasteiger partial charge in [-0.05, 0) is 69.6 Å². The first kappa shape index (κ1) is 21.0. The van der Waals surface area contributed by atoms with Crippen LogP contribution in [-0.4, -0.2) is 35.8 Å². The quantitative estimate of drug-likeness (QED) is 0.779. The Balaban J connectivity index is 1.55. The summed E-state index contributed by atoms with van der Waals surface area (Å²) in [6.07, 6.45) is 1.51. The van der Waals surface area contributed by atoms with Crippen LogP contribution in [0.25, 0.3) is 0 Å². The molecule has 5 nitrogen and oxygen atoms in total. The van der Waals surface area contributed by atoms with Crippen molar-refractivity contribution >= 4 is 17.5 Å². The van der Waals surface area contributed by atoms with E-state index in [9.17, 15) is 14.0 Å². The van der Waals surface area contributed by atoms with E-state index in [0.29, 0.717) is 11.3 Å². The van der Waals surface area contributed by atoms with Gasteiger partial charge in [0, 0.05) is 18.5 Å². The van der Waals surface area contributed by atoms with Crippen LogP contribution in [0.15, 0.2) is 48.5 Å². The molecule has 1 heterocycles. The molecule has 0 unspecified atom stereocenters. The maximum Gasteiger partial charge on any atom is 0.253 e. The molecule has 1 fully saturated rings. The van der Waals surface area contributed by atoms with Crippen molar-refractivity contribution in [1.29, 1.82) is 0 Å². The highest BCUT2D eigenvalue weighted by Crippen LogP contribution is 2.22. The number of anilines is 1. The van der Waals surface area contributed by atoms with Gasteiger partial charge in [-0.25, -0.2) is 4.39 Å². The van der Waals surface area contributed by atoms with Gasteiger partial charge in [0.15, 0.2) is 0 Å². The number of nitrogens with zero attached hydrogens (tertiary/aromatic N) is 1. The number of hydrogen-bond donors (Lipinski definition) is 2. The van der Waals surface area contributed by atoms with Gasteiger partial charge in [-0.15, -0.1) is 0 Å². The third-order valence-corrected chi connectivity index (χ3v) is 5.13. The Labute approximate surface area is 171 Å². The molecule has 0 radical (unpaired) electrons. The Bertz CT molecular complexity index is 843. The van der Waals surface area contributed by atoms with E-state index in [1.165, 1.54) is 12.1 Å². The van der Waals surface area contributed by atoms with E-state index in [4.69, 9.17) is 0 Å². The van der Waals surface area contributed by atoms with Gasteiger partial charge >= 0.3 is 0 Å². The molecule has 2 N–H and O–H groups in total. The van der Waals surface area contributed by atoms with Crippen molar-refractivity contribution in [1.82, 2.24) is 10.2 Å². The van der Waals surface area contributed by atoms with Crippen LogP contribution in [0.1, 0.15) is 42.6 Å². The highest BCUT2D eigenvalue weighted by atomic mass is 19.1. The molecule has 1 aliphatic heterocycles. The molecule has 2 amide bonds. The number of carbonyl (C=O) groups is 2. The van der Waals surface area contributed by atoms with Crippen molar-refractivity contribution in [2.24, 2.45) is 5.92 Å². The molecule has 6 heteroatoms. The molecule has 154 valence electrons. The van der Waals surface area contributed by atoms with Gasteiger partial charge in [0.25, 0.3) is 5.91 Å². The van der Waals surface area contributed by atoms with Gasteiger partial charge < -0.3 is 10.6 Å². The highest BCUT2D eigenvalue weighted by molar-refractivity contribution is 6.04. The molecular formula is C23H28FN3O2. The van der Waals surface area contributed by atoms with E-state index in [1.54, 1.807) is 30.3 Å². The van der Waals surface area contributed by atoms with E-state index in [0.717, 1.165) is 38.0 Å². The van der Waals surface area contributed by atoms with Crippen LogP contribution in [0.5, 0.6) is 0 Å². The number of piperidine rings is 1. The summed E-state index contributed by atoms with van der Waals surface area (Å²) in [4.78, 5) is 27.4. The summed E-state index contributed by atoms with van der Waals surface area (Å²) in [5.74, 6) is -0.548. The van der Waals surface area contributed by atoms with Crippen molar-refractivity contribution in [2.45, 2.75) is 39.3 Å². The topological polar surface area (TPSA) is 61.4 Å². The summed E-state index contributed by atoms with van der Waals surface area (Å²) in [6, 6.07) is 13.7. The molecule has 0 spiro atoms. The molecule has 1 aliphatic rings. The smallest absolute Gasteiger partial charge is 0.253 e. The molecule has 29 heavy (non-hydrogen) atoms. The lowest BCUT2D eigenvalue weighted by Gasteiger charge is -2.31. The first-order valence-electron chi connectivity index (χ1n) is 10.1. The predicted molar refractivity (Wildman–Crippen MR) is 112 cm³/mol. The van der Waals surface area contributed by atoms with E-state index < -0.39 is 0 Å². The normalized spacial score (nSPS) is 15.3. The third-order valence-electron chi connectivity index (χ3n) is 5.13. The molecule has 0 aromatic heterocycles. The van der Waals surface area contributed by atoms with Crippen molar-refractivity contribution in [3.8, 4) is 0 Å². The van der Waals surface area contributed by atoms with Gasteiger partial charge in [-0.2, -0.15) is 0 Å². The van der Waals surface area contributed by atoms with Gasteiger partial charge in [0.05, 0.1) is 11.3 Å². The minimum Gasteiger partial charge on any atom is -0.350 e. The Morgan fingerprint density at radius 3 is 2.38 bits per heavy atom. The zero-order valence-electron chi connectivity index (χ0n) is 17.0. The Kier molecular flexibility index (Phi) is 6.99. The summed E-state index contributed by atoms with van der Waals surface area (Å²) < 4.78 is 13.0. The zero-order chi connectivity index (χ0) is 20.8. The van der Waals surface area contributed by atoms with E-state index >= 15 is 0 Å². The van der Waals surface area contributed by atoms with E-state index in [1.807, 2.05) is 19.9 Å². The number of benzene rings is 2. The number of likely N-dealkylation sites (tertiary alicyclic amines) is 1. The fourth-order valence-electron chi connectivity index (χ4n) is 3.57. The second-order valence-electron chi connectivity index (χ2n) is 7.84. The molecular weight excluding hydrogens is 369 g/mol. The minimum atomic E-state index is -0.230. The van der Waals surface area contributed by atoms with Crippen LogP contribution < -0.4 is 10.6 Å². The van der Waals surface area contributed by atoms with Gasteiger partial charge in [-0.3, -0.25) is 14.5 Å². The number of halogens is 1. The minimum absolute atomic E-state index is 0.0247. The lowest BCUT2D eigenvalue weighted by Crippen LogP contribution is -2.38. The zero-order valence-corrected chi connectivity index (χ0v) is 17.0. The summed E-state index contributed by atoms with van der Waals surface area (Å²) in [6.45, 7) is 6.18. The Morgan fingerprint density at radius 1 is 1.07 bits per heavy atom. The standard InChI is InChI=1S/C23H28FN3O2/c1-16(2)25-23(29)20-5-3-4-6-21(20)26-22(28)18-11-13-27(14-12-18)15-17-7-9-19(24)10-8-17/h3-10,16,18H,11-15H2,1-2H3,(H,25,29)(H,26,28). The van der Waals surface area contributed by atoms with E-state index in [-0.39, 0.29) is 29.6 Å². The lowest BCUT2D eigenvalue weighted by atomic mass is 9.95. The number of amides is 2. The summed E-state index contributed by atoms with van der Waals surface area (Å²) in [7, 11) is 0. The predicted octanol–water partition coefficient (Wildman–Crippen LogP) is 3.81. The average Bonchev–Trinajstić information content (AvgIpc) is 2.70. The fourth-order valence-corrected chi connectivity index (χ4v) is 3.57. The maximum absolute atomic E-state index is 13.0. The molecule has 0 aliphatic carbocycles. The van der Waals surface area contributed by atoms with Crippen LogP contribution >= 0.6 is 0 Å². The maximum atomic E-state index is 13.0. The largest absolute Gasteiger partial charge is 0.350 e. The Hall–Kier alpha value is -2.73. The number of para-hydroxylation sites is 1. The van der Waals surface area contributed by atoms with Crippen LogP contribution in [-0.2, 0) is 11.3 Å². The molecule has 2 aromatic carbocycles. The van der Waals surface area contributed by atoms with Crippen LogP contribution in [0, 0.1) is 11.7 Å². The summed E-state index contributed by atoms with van der Waals surface area (Å²) >= 11 is 0. The van der Waals surface area contributed by atoms with E-state index in [2.05, 4.69) is 15.5 Å². The van der Waals surface area contributed by atoms with Crippen LogP contribution in [0.2, 0.25) is 0 Å². The summed E-state index contributed by atoms with van der Waals surface area (Å²) in [5.41, 5.74) is 2.09. The molecule has 0 atom stereocenters. The Morgan fingerprint density at radius 2 is 1.72 bits per heavy atom. The van der Waals surface area contributed by atoms with Gasteiger partial charge in [0.2, 0.25) is 5.91 Å². The number of rotatable bonds is 6. The lowest BCUT2D eigenvalue weighted by molar-refractivity contribution is -0.121. The monoisotopic (exact) mass is 397 g/mol. The van der Waals surface area contributed by atoms with Crippen molar-refractivity contribution < 1.29 is 14.0 Å². The summed E-state index contributed by atoms with van der Waals surface area (Å²) in [5, 5.41) is 5.81. The van der Waals surface area contributed by atoms with Gasteiger partial charge in [-0.1, -0.05) is 24.3 Å². The van der Waals surface area contributed by atoms with Gasteiger partial charge in [0.1, 0.15) is 5.82 Å². The molecule has 0 saturated carbocycles. The highest BCUT2D eigenvalue weighted by Gasteiger charge is 2.26. The first-order valence-corrected chi connectivity index (χ1v) is 10.1. The van der Waals surface area contributed by atoms with Crippen LogP contribution in [0.4, 0.5) is 10.1 Å². The molecule has 1 saturated heterocycles. The van der Waals surface area contributed by atoms with Crippen molar-refractivity contribution in [3.05, 3.63) is 65.5 Å². The average molecular weight is 397 g/mol. The second-order valence-corrected chi connectivity index (χ2v) is 7.84. The second kappa shape index (κ2) is 9.65. The third kappa shape index (κ3) is 5.87. The molecule has 2 aromatic rings. The first-order chi connectivity index (χ1) is 13.9. The van der Waals surface area contributed by atoms with Crippen molar-refractivity contribution in [3.63, 3.8) is 0 Å². The number of hydrogen-bond acceptors (Lipinski definition) is 3. The van der Waals surface area contributed by atoms with Crippen molar-refractivity contribution in [2.75, 3.05) is 18.4 Å². The fraction of sp³-hybridized carbons (Fsp3) is 0.391. The SMILES string of the molecule is CC(C)NC(=O)c1ccccc1NC(=O)C1CCN(Cc2ccc(F)cc2)CC1. The number of carbonyl (C=O) groups excluding carboxylic acids is 2. The molecule has 3 rings (SSSR count). The molecule has 0 bridgehead atoms.